The molecule has 40 heavy (non-hydrogen) atoms. The fourth-order valence-electron chi connectivity index (χ4n) is 5.32. The number of hydrogen-bond donors (Lipinski definition) is 2. The number of thiol groups is 1. The average molecular weight is 571 g/mol. The maximum atomic E-state index is 14.0. The lowest BCUT2D eigenvalue weighted by Gasteiger charge is -2.34. The molecule has 216 valence electrons. The van der Waals surface area contributed by atoms with Crippen molar-refractivity contribution in [2.24, 2.45) is 5.92 Å². The Morgan fingerprint density at radius 3 is 2.50 bits per heavy atom. The number of nitrogen functional groups attached to an aromatic ring is 1. The molecule has 0 radical (unpaired) electrons. The number of nitrogens with two attached hydrogens (primary N) is 1. The highest BCUT2D eigenvalue weighted by molar-refractivity contribution is 7.75. The minimum atomic E-state index is -3.38. The highest BCUT2D eigenvalue weighted by atomic mass is 32.2. The van der Waals surface area contributed by atoms with Crippen LogP contribution < -0.4 is 14.9 Å². The van der Waals surface area contributed by atoms with E-state index in [-0.39, 0.29) is 28.8 Å². The molecule has 4 rings (SSSR count). The predicted molar refractivity (Wildman–Crippen MR) is 156 cm³/mol. The van der Waals surface area contributed by atoms with Gasteiger partial charge in [0.2, 0.25) is 10.9 Å². The highest BCUT2D eigenvalue weighted by Gasteiger charge is 2.40. The molecule has 0 spiro atoms. The van der Waals surface area contributed by atoms with Gasteiger partial charge in [0, 0.05) is 31.4 Å². The Morgan fingerprint density at radius 1 is 1.23 bits per heavy atom. The monoisotopic (exact) mass is 570 g/mol. The van der Waals surface area contributed by atoms with E-state index >= 15 is 0 Å². The number of aromatic nitrogens is 2. The molecule has 0 aromatic carbocycles. The van der Waals surface area contributed by atoms with E-state index in [2.05, 4.69) is 30.7 Å². The van der Waals surface area contributed by atoms with E-state index in [4.69, 9.17) is 15.5 Å². The number of carbonyl (C=O) groups is 2. The third kappa shape index (κ3) is 6.38. The number of carbonyl (C=O) groups excluding carboxylic acids is 2. The Hall–Kier alpha value is -3.67. The van der Waals surface area contributed by atoms with Crippen LogP contribution in [-0.2, 0) is 15.6 Å². The van der Waals surface area contributed by atoms with Crippen LogP contribution in [0.3, 0.4) is 0 Å². The van der Waals surface area contributed by atoms with Gasteiger partial charge in [-0.15, -0.1) is 0 Å². The van der Waals surface area contributed by atoms with E-state index in [1.165, 1.54) is 12.1 Å². The van der Waals surface area contributed by atoms with Gasteiger partial charge >= 0.3 is 6.09 Å². The second-order valence-corrected chi connectivity index (χ2v) is 12.9. The summed E-state index contributed by atoms with van der Waals surface area (Å²) in [6.45, 7) is 13.2. The number of nitrogens with zero attached hydrogens (tertiary/aromatic N) is 5. The Bertz CT molecular complexity index is 1410. The summed E-state index contributed by atoms with van der Waals surface area (Å²) in [5.74, 6) is 0.0237. The van der Waals surface area contributed by atoms with Gasteiger partial charge in [-0.05, 0) is 82.7 Å². The molecule has 2 aromatic rings. The summed E-state index contributed by atoms with van der Waals surface area (Å²) in [7, 11) is -3.38. The zero-order chi connectivity index (χ0) is 29.4. The Balaban J connectivity index is 1.74. The molecule has 0 saturated carbocycles. The largest absolute Gasteiger partial charge is 0.444 e. The van der Waals surface area contributed by atoms with Gasteiger partial charge in [-0.1, -0.05) is 19.1 Å². The van der Waals surface area contributed by atoms with Gasteiger partial charge in [0.25, 0.3) is 5.91 Å². The SMILES string of the molecule is CC1CN(c2ncc(C3=CCN(C(=O)OC(C)(C)C)CC3)cc2C(=O)N(c2cccc(N)n2)[SH](=O)=O)C(C)(C)C1. The van der Waals surface area contributed by atoms with Crippen molar-refractivity contribution < 1.29 is 22.7 Å². The van der Waals surface area contributed by atoms with Crippen molar-refractivity contribution in [3.8, 4) is 0 Å². The zero-order valence-electron chi connectivity index (χ0n) is 23.9. The molecule has 2 aliphatic rings. The third-order valence-corrected chi connectivity index (χ3v) is 7.70. The van der Waals surface area contributed by atoms with Gasteiger partial charge in [0.1, 0.15) is 17.2 Å². The molecule has 1 saturated heterocycles. The van der Waals surface area contributed by atoms with Crippen LogP contribution in [-0.4, -0.2) is 66.1 Å². The molecule has 1 atom stereocenters. The Kier molecular flexibility index (Phi) is 8.11. The number of ether oxygens (including phenoxy) is 1. The van der Waals surface area contributed by atoms with Crippen LogP contribution in [0.15, 0.2) is 36.5 Å². The Labute approximate surface area is 237 Å². The number of rotatable bonds is 5. The second-order valence-electron chi connectivity index (χ2n) is 12.0. The molecule has 2 amide bonds. The van der Waals surface area contributed by atoms with Crippen molar-refractivity contribution in [1.82, 2.24) is 14.9 Å². The van der Waals surface area contributed by atoms with E-state index in [9.17, 15) is 18.0 Å². The fourth-order valence-corrected chi connectivity index (χ4v) is 5.86. The van der Waals surface area contributed by atoms with Crippen LogP contribution in [0.1, 0.15) is 70.3 Å². The minimum Gasteiger partial charge on any atom is -0.444 e. The molecule has 2 aromatic heterocycles. The van der Waals surface area contributed by atoms with Crippen LogP contribution in [0, 0.1) is 5.92 Å². The quantitative estimate of drug-likeness (QED) is 0.513. The lowest BCUT2D eigenvalue weighted by atomic mass is 9.96. The first kappa shape index (κ1) is 29.3. The number of amides is 2. The molecule has 0 aliphatic carbocycles. The highest BCUT2D eigenvalue weighted by Crippen LogP contribution is 2.39. The maximum absolute atomic E-state index is 14.0. The predicted octanol–water partition coefficient (Wildman–Crippen LogP) is 3.88. The summed E-state index contributed by atoms with van der Waals surface area (Å²) in [5, 5.41) is 0. The van der Waals surface area contributed by atoms with Crippen molar-refractivity contribution in [1.29, 1.82) is 0 Å². The van der Waals surface area contributed by atoms with Crippen molar-refractivity contribution >= 4 is 45.9 Å². The van der Waals surface area contributed by atoms with E-state index < -0.39 is 22.4 Å². The normalized spacial score (nSPS) is 19.0. The fraction of sp³-hybridized carbons (Fsp3) is 0.500. The van der Waals surface area contributed by atoms with Crippen molar-refractivity contribution in [2.75, 3.05) is 34.6 Å². The first-order valence-corrected chi connectivity index (χ1v) is 14.5. The van der Waals surface area contributed by atoms with Gasteiger partial charge in [0.05, 0.1) is 5.56 Å². The first-order valence-electron chi connectivity index (χ1n) is 13.3. The van der Waals surface area contributed by atoms with Crippen LogP contribution in [0.5, 0.6) is 0 Å². The first-order chi connectivity index (χ1) is 18.7. The minimum absolute atomic E-state index is 0.0867. The zero-order valence-corrected chi connectivity index (χ0v) is 24.8. The van der Waals surface area contributed by atoms with Gasteiger partial charge in [-0.2, -0.15) is 4.31 Å². The number of pyridine rings is 2. The lowest BCUT2D eigenvalue weighted by Crippen LogP contribution is -2.41. The standard InChI is InChI=1S/C28H38N6O5S/c1-18-15-28(5,6)33(17-18)24-21(25(35)34(40(37)38)23-9-7-8-22(29)31-23)14-20(16-30-24)19-10-12-32(13-11-19)26(36)39-27(2,3)4/h7-10,14,16,18,40H,11-13,15,17H2,1-6H3,(H2,29,31). The van der Waals surface area contributed by atoms with Crippen molar-refractivity contribution in [3.05, 3.63) is 47.7 Å². The molecular weight excluding hydrogens is 532 g/mol. The topological polar surface area (TPSA) is 139 Å². The van der Waals surface area contributed by atoms with E-state index in [0.717, 1.165) is 12.0 Å². The maximum Gasteiger partial charge on any atom is 0.410 e. The molecular formula is C28H38N6O5S. The smallest absolute Gasteiger partial charge is 0.410 e. The summed E-state index contributed by atoms with van der Waals surface area (Å²) in [4.78, 5) is 39.0. The van der Waals surface area contributed by atoms with Gasteiger partial charge < -0.3 is 20.3 Å². The van der Waals surface area contributed by atoms with Crippen LogP contribution in [0.25, 0.3) is 5.57 Å². The van der Waals surface area contributed by atoms with E-state index in [1.54, 1.807) is 23.2 Å². The van der Waals surface area contributed by atoms with Crippen molar-refractivity contribution in [3.63, 3.8) is 0 Å². The number of anilines is 3. The lowest BCUT2D eigenvalue weighted by molar-refractivity contribution is 0.0270. The van der Waals surface area contributed by atoms with E-state index in [0.29, 0.717) is 47.7 Å². The summed E-state index contributed by atoms with van der Waals surface area (Å²) in [6.07, 6.45) is 4.65. The van der Waals surface area contributed by atoms with Crippen molar-refractivity contribution in [2.45, 2.75) is 65.5 Å². The van der Waals surface area contributed by atoms with Gasteiger partial charge in [-0.25, -0.2) is 23.2 Å². The van der Waals surface area contributed by atoms with E-state index in [1.807, 2.05) is 26.8 Å². The molecule has 11 nitrogen and oxygen atoms in total. The van der Waals surface area contributed by atoms with Gasteiger partial charge in [0.15, 0.2) is 5.82 Å². The molecule has 1 unspecified atom stereocenters. The molecule has 12 heteroatoms. The van der Waals surface area contributed by atoms with Gasteiger partial charge in [-0.3, -0.25) is 4.79 Å². The summed E-state index contributed by atoms with van der Waals surface area (Å²) < 4.78 is 30.9. The molecule has 0 bridgehead atoms. The molecule has 2 aliphatic heterocycles. The van der Waals surface area contributed by atoms with Crippen LogP contribution in [0.4, 0.5) is 22.2 Å². The summed E-state index contributed by atoms with van der Waals surface area (Å²) in [6, 6.07) is 6.17. The molecule has 2 N–H and O–H groups in total. The third-order valence-electron chi connectivity index (χ3n) is 6.99. The summed E-state index contributed by atoms with van der Waals surface area (Å²) >= 11 is 0. The molecule has 1 fully saturated rings. The summed E-state index contributed by atoms with van der Waals surface area (Å²) in [5.41, 5.74) is 6.65. The number of hydrogen-bond acceptors (Lipinski definition) is 9. The van der Waals surface area contributed by atoms with Crippen LogP contribution in [0.2, 0.25) is 0 Å². The molecule has 4 heterocycles. The second kappa shape index (κ2) is 11.1. The Morgan fingerprint density at radius 2 is 1.95 bits per heavy atom. The van der Waals surface area contributed by atoms with Crippen LogP contribution >= 0.6 is 0 Å². The average Bonchev–Trinajstić information content (AvgIpc) is 3.14.